The van der Waals surface area contributed by atoms with Crippen molar-refractivity contribution in [3.05, 3.63) is 0 Å². The van der Waals surface area contributed by atoms with E-state index in [4.69, 9.17) is 0 Å². The van der Waals surface area contributed by atoms with Crippen LogP contribution in [0.25, 0.3) is 0 Å². The Kier molecular flexibility index (Phi) is 3.76. The summed E-state index contributed by atoms with van der Waals surface area (Å²) in [4.78, 5) is 0. The third kappa shape index (κ3) is 2.67. The summed E-state index contributed by atoms with van der Waals surface area (Å²) in [5.41, 5.74) is 0. The molecule has 1 N–H and O–H groups in total. The maximum absolute atomic E-state index is 10.2. The lowest BCUT2D eigenvalue weighted by molar-refractivity contribution is 0.177. The number of nitrogens with one attached hydrogen (secondary N) is 1. The van der Waals surface area contributed by atoms with Crippen LogP contribution in [0.5, 0.6) is 0 Å². The molecule has 2 nitrogen and oxygen atoms in total. The van der Waals surface area contributed by atoms with E-state index in [1.165, 1.54) is 19.4 Å². The monoisotopic (exact) mass is 142 g/mol. The maximum Gasteiger partial charge on any atom is 0.0822 e. The van der Waals surface area contributed by atoms with Crippen LogP contribution >= 0.6 is 0 Å². The Morgan fingerprint density at radius 2 is 2.40 bits per heavy atom. The SMILES string of the molecule is [O]CCCC1CCCNC1. The molecule has 1 aliphatic rings. The van der Waals surface area contributed by atoms with Crippen LogP contribution in [0.15, 0.2) is 0 Å². The quantitative estimate of drug-likeness (QED) is 0.630. The molecule has 0 aromatic rings. The van der Waals surface area contributed by atoms with Crippen LogP contribution in [0.3, 0.4) is 0 Å². The zero-order chi connectivity index (χ0) is 7.23. The van der Waals surface area contributed by atoms with Gasteiger partial charge in [-0.1, -0.05) is 0 Å². The van der Waals surface area contributed by atoms with Gasteiger partial charge in [-0.25, -0.2) is 5.11 Å². The van der Waals surface area contributed by atoms with Crippen molar-refractivity contribution < 1.29 is 5.11 Å². The summed E-state index contributed by atoms with van der Waals surface area (Å²) < 4.78 is 0. The first-order valence-electron chi connectivity index (χ1n) is 4.22. The van der Waals surface area contributed by atoms with Gasteiger partial charge >= 0.3 is 0 Å². The summed E-state index contributed by atoms with van der Waals surface area (Å²) in [6, 6.07) is 0. The number of rotatable bonds is 3. The minimum absolute atomic E-state index is 0.108. The van der Waals surface area contributed by atoms with Crippen LogP contribution in [0.4, 0.5) is 0 Å². The van der Waals surface area contributed by atoms with Crippen LogP contribution in [0, 0.1) is 5.92 Å². The van der Waals surface area contributed by atoms with Crippen LogP contribution in [-0.4, -0.2) is 19.7 Å². The molecule has 0 aliphatic carbocycles. The van der Waals surface area contributed by atoms with E-state index in [0.29, 0.717) is 0 Å². The zero-order valence-electron chi connectivity index (χ0n) is 6.44. The predicted octanol–water partition coefficient (Wildman–Crippen LogP) is 1.20. The van der Waals surface area contributed by atoms with E-state index in [2.05, 4.69) is 5.32 Å². The molecule has 1 rings (SSSR count). The second-order valence-corrected chi connectivity index (χ2v) is 3.06. The Bertz CT molecular complexity index is 79.3. The van der Waals surface area contributed by atoms with E-state index >= 15 is 0 Å². The predicted molar refractivity (Wildman–Crippen MR) is 40.4 cm³/mol. The molecule has 1 atom stereocenters. The van der Waals surface area contributed by atoms with Crippen molar-refractivity contribution in [3.8, 4) is 0 Å². The Morgan fingerprint density at radius 3 is 3.00 bits per heavy atom. The van der Waals surface area contributed by atoms with Crippen molar-refractivity contribution in [2.24, 2.45) is 5.92 Å². The van der Waals surface area contributed by atoms with Gasteiger partial charge in [0.25, 0.3) is 0 Å². The Morgan fingerprint density at radius 1 is 1.50 bits per heavy atom. The summed E-state index contributed by atoms with van der Waals surface area (Å²) in [5.74, 6) is 0.794. The molecular formula is C8H16NO. The third-order valence-corrected chi connectivity index (χ3v) is 2.16. The Hall–Kier alpha value is -0.0800. The summed E-state index contributed by atoms with van der Waals surface area (Å²) in [7, 11) is 0. The highest BCUT2D eigenvalue weighted by atomic mass is 16.2. The van der Waals surface area contributed by atoms with Gasteiger partial charge in [-0.2, -0.15) is 0 Å². The van der Waals surface area contributed by atoms with E-state index < -0.39 is 0 Å². The molecule has 0 aromatic heterocycles. The average Bonchev–Trinajstić information content (AvgIpc) is 2.03. The van der Waals surface area contributed by atoms with Crippen LogP contribution in [0.2, 0.25) is 0 Å². The van der Waals surface area contributed by atoms with E-state index in [0.717, 1.165) is 25.3 Å². The molecule has 59 valence electrons. The molecule has 0 saturated carbocycles. The molecule has 1 fully saturated rings. The molecule has 10 heavy (non-hydrogen) atoms. The fourth-order valence-corrected chi connectivity index (χ4v) is 1.54. The van der Waals surface area contributed by atoms with Crippen molar-refractivity contribution >= 4 is 0 Å². The fraction of sp³-hybridized carbons (Fsp3) is 1.00. The van der Waals surface area contributed by atoms with Gasteiger partial charge in [-0.3, -0.25) is 0 Å². The summed E-state index contributed by atoms with van der Waals surface area (Å²) >= 11 is 0. The highest BCUT2D eigenvalue weighted by Crippen LogP contribution is 2.14. The van der Waals surface area contributed by atoms with E-state index in [-0.39, 0.29) is 6.61 Å². The molecule has 1 aliphatic heterocycles. The minimum atomic E-state index is 0.108. The first kappa shape index (κ1) is 8.02. The molecule has 0 bridgehead atoms. The standard InChI is InChI=1S/C8H16NO/c10-6-2-4-8-3-1-5-9-7-8/h8-9H,1-7H2. The number of piperidine rings is 1. The van der Waals surface area contributed by atoms with E-state index in [1.54, 1.807) is 0 Å². The molecule has 0 spiro atoms. The fourth-order valence-electron chi connectivity index (χ4n) is 1.54. The smallest absolute Gasteiger partial charge is 0.0822 e. The second kappa shape index (κ2) is 4.69. The highest BCUT2D eigenvalue weighted by Gasteiger charge is 2.11. The third-order valence-electron chi connectivity index (χ3n) is 2.16. The van der Waals surface area contributed by atoms with Crippen molar-refractivity contribution in [1.82, 2.24) is 5.32 Å². The van der Waals surface area contributed by atoms with Gasteiger partial charge in [0.15, 0.2) is 0 Å². The molecule has 1 radical (unpaired) electrons. The molecule has 0 aromatic carbocycles. The molecule has 2 heteroatoms. The van der Waals surface area contributed by atoms with Crippen molar-refractivity contribution in [3.63, 3.8) is 0 Å². The van der Waals surface area contributed by atoms with Crippen LogP contribution < -0.4 is 5.32 Å². The van der Waals surface area contributed by atoms with Crippen molar-refractivity contribution in [1.29, 1.82) is 0 Å². The van der Waals surface area contributed by atoms with Gasteiger partial charge in [0.2, 0.25) is 0 Å². The second-order valence-electron chi connectivity index (χ2n) is 3.06. The number of hydrogen-bond donors (Lipinski definition) is 1. The summed E-state index contributed by atoms with van der Waals surface area (Å²) in [5, 5.41) is 13.5. The topological polar surface area (TPSA) is 31.9 Å². The summed E-state index contributed by atoms with van der Waals surface area (Å²) in [6.07, 6.45) is 4.62. The normalized spacial score (nSPS) is 26.7. The zero-order valence-corrected chi connectivity index (χ0v) is 6.44. The Labute approximate surface area is 62.6 Å². The van der Waals surface area contributed by atoms with Gasteiger partial charge in [0.1, 0.15) is 0 Å². The van der Waals surface area contributed by atoms with Gasteiger partial charge in [-0.05, 0) is 44.7 Å². The first-order valence-corrected chi connectivity index (χ1v) is 4.22. The lowest BCUT2D eigenvalue weighted by atomic mass is 9.95. The van der Waals surface area contributed by atoms with Crippen LogP contribution in [-0.2, 0) is 5.11 Å². The van der Waals surface area contributed by atoms with Gasteiger partial charge < -0.3 is 5.32 Å². The van der Waals surface area contributed by atoms with Gasteiger partial charge in [0.05, 0.1) is 6.61 Å². The van der Waals surface area contributed by atoms with E-state index in [1.807, 2.05) is 0 Å². The molecule has 1 unspecified atom stereocenters. The number of hydrogen-bond acceptors (Lipinski definition) is 1. The average molecular weight is 142 g/mol. The molecular weight excluding hydrogens is 126 g/mol. The lowest BCUT2D eigenvalue weighted by Crippen LogP contribution is -2.29. The minimum Gasteiger partial charge on any atom is -0.316 e. The molecule has 0 amide bonds. The lowest BCUT2D eigenvalue weighted by Gasteiger charge is -2.21. The van der Waals surface area contributed by atoms with Gasteiger partial charge in [-0.15, -0.1) is 0 Å². The van der Waals surface area contributed by atoms with Crippen LogP contribution in [0.1, 0.15) is 25.7 Å². The van der Waals surface area contributed by atoms with E-state index in [9.17, 15) is 5.11 Å². The van der Waals surface area contributed by atoms with Gasteiger partial charge in [0, 0.05) is 0 Å². The maximum atomic E-state index is 10.2. The highest BCUT2D eigenvalue weighted by molar-refractivity contribution is 4.68. The molecule has 1 heterocycles. The van der Waals surface area contributed by atoms with Crippen molar-refractivity contribution in [2.45, 2.75) is 25.7 Å². The first-order chi connectivity index (χ1) is 4.93. The molecule has 1 saturated heterocycles. The summed E-state index contributed by atoms with van der Waals surface area (Å²) in [6.45, 7) is 2.42. The van der Waals surface area contributed by atoms with Crippen molar-refractivity contribution in [2.75, 3.05) is 19.7 Å². The largest absolute Gasteiger partial charge is 0.316 e. The Balaban J connectivity index is 2.02.